The first-order valence-corrected chi connectivity index (χ1v) is 7.56. The Kier molecular flexibility index (Phi) is 7.44. The molecule has 0 spiro atoms. The zero-order valence-electron chi connectivity index (χ0n) is 11.4. The van der Waals surface area contributed by atoms with E-state index in [1.165, 1.54) is 19.3 Å². The number of unbranched alkanes of at least 4 members (excludes halogenated alkanes) is 3. The van der Waals surface area contributed by atoms with E-state index in [4.69, 9.17) is 28.6 Å². The molecule has 19 heavy (non-hydrogen) atoms. The van der Waals surface area contributed by atoms with Crippen molar-refractivity contribution in [3.63, 3.8) is 0 Å². The largest absolute Gasteiger partial charge is 0.311 e. The average molecular weight is 301 g/mol. The van der Waals surface area contributed by atoms with Crippen molar-refractivity contribution in [1.29, 1.82) is 5.41 Å². The topological polar surface area (TPSA) is 35.9 Å². The summed E-state index contributed by atoms with van der Waals surface area (Å²) in [6, 6.07) is 9.34. The molecule has 1 aromatic carbocycles. The Labute approximate surface area is 126 Å². The van der Waals surface area contributed by atoms with Crippen LogP contribution in [0.2, 0.25) is 0 Å². The maximum Gasteiger partial charge on any atom is 0.181 e. The van der Waals surface area contributed by atoms with Crippen LogP contribution >= 0.6 is 23.2 Å². The number of alkyl halides is 2. The van der Waals surface area contributed by atoms with Gasteiger partial charge in [0.25, 0.3) is 0 Å². The van der Waals surface area contributed by atoms with Gasteiger partial charge in [-0.1, -0.05) is 79.7 Å². The lowest BCUT2D eigenvalue weighted by Crippen LogP contribution is -2.33. The van der Waals surface area contributed by atoms with Crippen molar-refractivity contribution in [2.24, 2.45) is 0 Å². The molecule has 0 saturated heterocycles. The molecule has 0 radical (unpaired) electrons. The summed E-state index contributed by atoms with van der Waals surface area (Å²) in [4.78, 5) is 0. The molecule has 4 heteroatoms. The van der Waals surface area contributed by atoms with Crippen molar-refractivity contribution in [2.75, 3.05) is 13.1 Å². The number of halogens is 2. The van der Waals surface area contributed by atoms with Crippen LogP contribution in [-0.4, -0.2) is 18.8 Å². The number of nitrogens with one attached hydrogen (secondary N) is 2. The molecular weight excluding hydrogens is 279 g/mol. The maximum absolute atomic E-state index is 8.02. The third kappa shape index (κ3) is 5.52. The number of benzene rings is 1. The molecule has 0 aliphatic rings. The van der Waals surface area contributed by atoms with Crippen LogP contribution in [0.25, 0.3) is 0 Å². The van der Waals surface area contributed by atoms with Crippen molar-refractivity contribution in [2.45, 2.75) is 36.9 Å². The van der Waals surface area contributed by atoms with E-state index in [0.29, 0.717) is 6.54 Å². The fourth-order valence-corrected chi connectivity index (χ4v) is 2.21. The molecular formula is C15H22Cl2N2. The Morgan fingerprint density at radius 1 is 1.16 bits per heavy atom. The van der Waals surface area contributed by atoms with Crippen molar-refractivity contribution in [3.8, 4) is 0 Å². The van der Waals surface area contributed by atoms with E-state index >= 15 is 0 Å². The minimum atomic E-state index is -1.24. The first-order valence-electron chi connectivity index (χ1n) is 6.81. The fraction of sp³-hybridized carbons (Fsp3) is 0.533. The van der Waals surface area contributed by atoms with Crippen LogP contribution in [0.1, 0.15) is 38.2 Å². The summed E-state index contributed by atoms with van der Waals surface area (Å²) >= 11 is 12.6. The van der Waals surface area contributed by atoms with E-state index in [2.05, 4.69) is 12.2 Å². The van der Waals surface area contributed by atoms with E-state index in [1.807, 2.05) is 30.3 Å². The molecule has 0 atom stereocenters. The standard InChI is InChI=1S/C15H22Cl2N2/c1-2-3-4-8-11-19-12-14(18)15(16,17)13-9-6-5-7-10-13/h5-7,9-10,18-19H,2-4,8,11-12H2,1H3. The van der Waals surface area contributed by atoms with Gasteiger partial charge in [0, 0.05) is 6.54 Å². The van der Waals surface area contributed by atoms with Gasteiger partial charge in [0.05, 0.1) is 5.71 Å². The van der Waals surface area contributed by atoms with Crippen LogP contribution in [-0.2, 0) is 4.33 Å². The summed E-state index contributed by atoms with van der Waals surface area (Å²) < 4.78 is -1.24. The van der Waals surface area contributed by atoms with E-state index < -0.39 is 4.33 Å². The third-order valence-electron chi connectivity index (χ3n) is 3.02. The monoisotopic (exact) mass is 300 g/mol. The van der Waals surface area contributed by atoms with Crippen molar-refractivity contribution >= 4 is 28.9 Å². The summed E-state index contributed by atoms with van der Waals surface area (Å²) in [5, 5.41) is 11.2. The molecule has 2 N–H and O–H groups in total. The molecule has 0 aromatic heterocycles. The van der Waals surface area contributed by atoms with Gasteiger partial charge < -0.3 is 10.7 Å². The smallest absolute Gasteiger partial charge is 0.181 e. The van der Waals surface area contributed by atoms with E-state index in [-0.39, 0.29) is 5.71 Å². The zero-order chi connectivity index (χ0) is 14.1. The fourth-order valence-electron chi connectivity index (χ4n) is 1.82. The van der Waals surface area contributed by atoms with Gasteiger partial charge in [-0.2, -0.15) is 0 Å². The third-order valence-corrected chi connectivity index (χ3v) is 3.92. The highest BCUT2D eigenvalue weighted by molar-refractivity contribution is 6.58. The summed E-state index contributed by atoms with van der Waals surface area (Å²) in [6.07, 6.45) is 4.85. The Morgan fingerprint density at radius 3 is 2.47 bits per heavy atom. The van der Waals surface area contributed by atoms with Gasteiger partial charge in [-0.15, -0.1) is 0 Å². The van der Waals surface area contributed by atoms with Crippen LogP contribution in [0.3, 0.4) is 0 Å². The Morgan fingerprint density at radius 2 is 1.84 bits per heavy atom. The molecule has 0 bridgehead atoms. The van der Waals surface area contributed by atoms with Gasteiger partial charge >= 0.3 is 0 Å². The highest BCUT2D eigenvalue weighted by atomic mass is 35.5. The highest BCUT2D eigenvalue weighted by Gasteiger charge is 2.31. The summed E-state index contributed by atoms with van der Waals surface area (Å²) in [5.74, 6) is 0. The SMILES string of the molecule is CCCCCCNCC(=N)C(Cl)(Cl)c1ccccc1. The summed E-state index contributed by atoms with van der Waals surface area (Å²) in [6.45, 7) is 3.52. The molecule has 0 amide bonds. The molecule has 0 heterocycles. The molecule has 0 aliphatic heterocycles. The predicted molar refractivity (Wildman–Crippen MR) is 84.6 cm³/mol. The predicted octanol–water partition coefficient (Wildman–Crippen LogP) is 4.51. The zero-order valence-corrected chi connectivity index (χ0v) is 12.9. The van der Waals surface area contributed by atoms with Gasteiger partial charge in [0.1, 0.15) is 0 Å². The van der Waals surface area contributed by atoms with Crippen LogP contribution < -0.4 is 5.32 Å². The van der Waals surface area contributed by atoms with Crippen LogP contribution in [0.5, 0.6) is 0 Å². The van der Waals surface area contributed by atoms with Crippen molar-refractivity contribution in [1.82, 2.24) is 5.32 Å². The molecule has 106 valence electrons. The average Bonchev–Trinajstić information content (AvgIpc) is 2.43. The molecule has 0 saturated carbocycles. The molecule has 2 nitrogen and oxygen atoms in total. The van der Waals surface area contributed by atoms with Crippen molar-refractivity contribution < 1.29 is 0 Å². The van der Waals surface area contributed by atoms with Gasteiger partial charge in [-0.3, -0.25) is 0 Å². The lowest BCUT2D eigenvalue weighted by molar-refractivity contribution is 0.623. The number of rotatable bonds is 9. The minimum Gasteiger partial charge on any atom is -0.311 e. The van der Waals surface area contributed by atoms with E-state index in [9.17, 15) is 0 Å². The normalized spacial score (nSPS) is 11.5. The van der Waals surface area contributed by atoms with Crippen LogP contribution in [0.4, 0.5) is 0 Å². The summed E-state index contributed by atoms with van der Waals surface area (Å²) in [7, 11) is 0. The van der Waals surface area contributed by atoms with Crippen LogP contribution in [0, 0.1) is 5.41 Å². The molecule has 1 rings (SSSR count). The first kappa shape index (κ1) is 16.5. The van der Waals surface area contributed by atoms with Gasteiger partial charge in [0.2, 0.25) is 0 Å². The van der Waals surface area contributed by atoms with Gasteiger partial charge in [-0.05, 0) is 18.5 Å². The van der Waals surface area contributed by atoms with Crippen LogP contribution in [0.15, 0.2) is 30.3 Å². The molecule has 0 fully saturated rings. The first-order chi connectivity index (χ1) is 9.09. The Hall–Kier alpha value is -0.570. The summed E-state index contributed by atoms with van der Waals surface area (Å²) in [5.41, 5.74) is 1.04. The van der Waals surface area contributed by atoms with Gasteiger partial charge in [-0.25, -0.2) is 0 Å². The molecule has 0 aliphatic carbocycles. The van der Waals surface area contributed by atoms with E-state index in [1.54, 1.807) is 0 Å². The molecule has 0 unspecified atom stereocenters. The lowest BCUT2D eigenvalue weighted by Gasteiger charge is -2.21. The lowest BCUT2D eigenvalue weighted by atomic mass is 10.1. The highest BCUT2D eigenvalue weighted by Crippen LogP contribution is 2.34. The number of hydrogen-bond acceptors (Lipinski definition) is 2. The van der Waals surface area contributed by atoms with Gasteiger partial charge in [0.15, 0.2) is 4.33 Å². The quantitative estimate of drug-likeness (QED) is 0.393. The minimum absolute atomic E-state index is 0.289. The Bertz CT molecular complexity index is 377. The Balaban J connectivity index is 2.36. The molecule has 1 aromatic rings. The second-order valence-electron chi connectivity index (χ2n) is 4.66. The second-order valence-corrected chi connectivity index (χ2v) is 5.98. The van der Waals surface area contributed by atoms with Crippen molar-refractivity contribution in [3.05, 3.63) is 35.9 Å². The van der Waals surface area contributed by atoms with E-state index in [0.717, 1.165) is 18.5 Å². The second kappa shape index (κ2) is 8.57. The maximum atomic E-state index is 8.02. The number of hydrogen-bond donors (Lipinski definition) is 2.